The Morgan fingerprint density at radius 2 is 1.75 bits per heavy atom. The van der Waals surface area contributed by atoms with Gasteiger partial charge < -0.3 is 10.4 Å². The SMILES string of the molecule is CC.CC(C)(C)c1cc(CN2CCNCC2)ccc1O. The minimum Gasteiger partial charge on any atom is -0.508 e. The van der Waals surface area contributed by atoms with Crippen molar-refractivity contribution in [3.8, 4) is 5.75 Å². The number of phenolic OH excluding ortho intramolecular Hbond substituents is 1. The van der Waals surface area contributed by atoms with Gasteiger partial charge in [-0.05, 0) is 22.6 Å². The van der Waals surface area contributed by atoms with Crippen LogP contribution in [0.4, 0.5) is 0 Å². The Labute approximate surface area is 124 Å². The molecule has 1 aromatic carbocycles. The van der Waals surface area contributed by atoms with Gasteiger partial charge in [0.2, 0.25) is 0 Å². The van der Waals surface area contributed by atoms with Crippen LogP contribution in [0.15, 0.2) is 18.2 Å². The Balaban J connectivity index is 0.000000956. The summed E-state index contributed by atoms with van der Waals surface area (Å²) in [7, 11) is 0. The zero-order chi connectivity index (χ0) is 15.2. The lowest BCUT2D eigenvalue weighted by molar-refractivity contribution is 0.233. The summed E-state index contributed by atoms with van der Waals surface area (Å²) in [4.78, 5) is 2.45. The molecule has 20 heavy (non-hydrogen) atoms. The molecule has 0 radical (unpaired) electrons. The van der Waals surface area contributed by atoms with E-state index in [4.69, 9.17) is 0 Å². The monoisotopic (exact) mass is 278 g/mol. The van der Waals surface area contributed by atoms with Crippen LogP contribution in [0.2, 0.25) is 0 Å². The van der Waals surface area contributed by atoms with Crippen molar-refractivity contribution in [1.82, 2.24) is 10.2 Å². The van der Waals surface area contributed by atoms with Crippen LogP contribution in [0.3, 0.4) is 0 Å². The zero-order valence-electron chi connectivity index (χ0n) is 13.7. The number of phenols is 1. The molecule has 0 atom stereocenters. The van der Waals surface area contributed by atoms with E-state index in [0.717, 1.165) is 38.3 Å². The minimum atomic E-state index is -0.0104. The highest BCUT2D eigenvalue weighted by Crippen LogP contribution is 2.31. The Morgan fingerprint density at radius 1 is 1.15 bits per heavy atom. The third-order valence-corrected chi connectivity index (χ3v) is 3.48. The van der Waals surface area contributed by atoms with Crippen LogP contribution in [-0.4, -0.2) is 36.2 Å². The number of aromatic hydroxyl groups is 1. The maximum atomic E-state index is 9.95. The summed E-state index contributed by atoms with van der Waals surface area (Å²) >= 11 is 0. The summed E-state index contributed by atoms with van der Waals surface area (Å²) in [5.41, 5.74) is 2.32. The standard InChI is InChI=1S/C15H24N2O.C2H6/c1-15(2,3)13-10-12(4-5-14(13)18)11-17-8-6-16-7-9-17;1-2/h4-5,10,16,18H,6-9,11H2,1-3H3;1-2H3. The van der Waals surface area contributed by atoms with E-state index in [2.05, 4.69) is 37.1 Å². The quantitative estimate of drug-likeness (QED) is 0.872. The first-order valence-corrected chi connectivity index (χ1v) is 7.72. The van der Waals surface area contributed by atoms with Crippen molar-refractivity contribution >= 4 is 0 Å². The van der Waals surface area contributed by atoms with Gasteiger partial charge in [0.15, 0.2) is 0 Å². The molecule has 3 nitrogen and oxygen atoms in total. The van der Waals surface area contributed by atoms with E-state index in [-0.39, 0.29) is 5.41 Å². The Morgan fingerprint density at radius 3 is 2.30 bits per heavy atom. The normalized spacial score (nSPS) is 16.4. The summed E-state index contributed by atoms with van der Waals surface area (Å²) in [5.74, 6) is 0.409. The summed E-state index contributed by atoms with van der Waals surface area (Å²) in [6.07, 6.45) is 0. The molecule has 0 amide bonds. The molecule has 114 valence electrons. The lowest BCUT2D eigenvalue weighted by Gasteiger charge is -2.28. The average Bonchev–Trinajstić information content (AvgIpc) is 2.43. The molecule has 1 aliphatic rings. The lowest BCUT2D eigenvalue weighted by Crippen LogP contribution is -2.42. The third kappa shape index (κ3) is 4.80. The van der Waals surface area contributed by atoms with Gasteiger partial charge in [-0.2, -0.15) is 0 Å². The highest BCUT2D eigenvalue weighted by molar-refractivity contribution is 5.40. The molecule has 3 heteroatoms. The first-order valence-electron chi connectivity index (χ1n) is 7.72. The molecule has 1 saturated heterocycles. The Hall–Kier alpha value is -1.06. The molecule has 0 aromatic heterocycles. The maximum Gasteiger partial charge on any atom is 0.119 e. The first-order chi connectivity index (χ1) is 9.47. The molecule has 0 saturated carbocycles. The van der Waals surface area contributed by atoms with Crippen molar-refractivity contribution in [2.24, 2.45) is 0 Å². The first kappa shape index (κ1) is 17.0. The van der Waals surface area contributed by atoms with Gasteiger partial charge in [0, 0.05) is 32.7 Å². The second-order valence-electron chi connectivity index (χ2n) is 6.13. The molecule has 1 aromatic rings. The van der Waals surface area contributed by atoms with Crippen molar-refractivity contribution < 1.29 is 5.11 Å². The van der Waals surface area contributed by atoms with Crippen molar-refractivity contribution in [3.05, 3.63) is 29.3 Å². The molecular formula is C17H30N2O. The lowest BCUT2D eigenvalue weighted by atomic mass is 9.85. The van der Waals surface area contributed by atoms with Gasteiger partial charge in [0.1, 0.15) is 5.75 Å². The summed E-state index contributed by atoms with van der Waals surface area (Å²) in [5, 5.41) is 13.3. The molecule has 0 unspecified atom stereocenters. The van der Waals surface area contributed by atoms with Crippen LogP contribution in [0.1, 0.15) is 45.7 Å². The average molecular weight is 278 g/mol. The molecule has 2 rings (SSSR count). The Kier molecular flexibility index (Phi) is 6.50. The van der Waals surface area contributed by atoms with Crippen molar-refractivity contribution in [2.45, 2.75) is 46.6 Å². The summed E-state index contributed by atoms with van der Waals surface area (Å²) in [6, 6.07) is 6.02. The number of piperazine rings is 1. The van der Waals surface area contributed by atoms with Crippen LogP contribution in [-0.2, 0) is 12.0 Å². The predicted molar refractivity (Wildman–Crippen MR) is 86.3 cm³/mol. The van der Waals surface area contributed by atoms with Crippen LogP contribution in [0.5, 0.6) is 5.75 Å². The zero-order valence-corrected chi connectivity index (χ0v) is 13.7. The second kappa shape index (κ2) is 7.65. The highest BCUT2D eigenvalue weighted by Gasteiger charge is 2.19. The number of benzene rings is 1. The largest absolute Gasteiger partial charge is 0.508 e. The predicted octanol–water partition coefficient (Wildman–Crippen LogP) is 3.12. The van der Waals surface area contributed by atoms with Gasteiger partial charge in [0.05, 0.1) is 0 Å². The molecular weight excluding hydrogens is 248 g/mol. The van der Waals surface area contributed by atoms with Crippen LogP contribution >= 0.6 is 0 Å². The number of hydrogen-bond acceptors (Lipinski definition) is 3. The molecule has 1 heterocycles. The fourth-order valence-corrected chi connectivity index (χ4v) is 2.41. The van der Waals surface area contributed by atoms with Crippen molar-refractivity contribution in [1.29, 1.82) is 0 Å². The molecule has 0 bridgehead atoms. The van der Waals surface area contributed by atoms with E-state index in [1.165, 1.54) is 5.56 Å². The van der Waals surface area contributed by atoms with Gasteiger partial charge in [-0.1, -0.05) is 46.8 Å². The number of nitrogens with one attached hydrogen (secondary N) is 1. The number of hydrogen-bond donors (Lipinski definition) is 2. The van der Waals surface area contributed by atoms with Crippen LogP contribution in [0, 0.1) is 0 Å². The van der Waals surface area contributed by atoms with E-state index >= 15 is 0 Å². The second-order valence-corrected chi connectivity index (χ2v) is 6.13. The van der Waals surface area contributed by atoms with Crippen LogP contribution in [0.25, 0.3) is 0 Å². The van der Waals surface area contributed by atoms with Gasteiger partial charge >= 0.3 is 0 Å². The van der Waals surface area contributed by atoms with E-state index < -0.39 is 0 Å². The van der Waals surface area contributed by atoms with E-state index in [1.54, 1.807) is 0 Å². The van der Waals surface area contributed by atoms with E-state index in [1.807, 2.05) is 26.0 Å². The maximum absolute atomic E-state index is 9.95. The molecule has 0 aliphatic carbocycles. The summed E-state index contributed by atoms with van der Waals surface area (Å²) < 4.78 is 0. The minimum absolute atomic E-state index is 0.0104. The van der Waals surface area contributed by atoms with Crippen molar-refractivity contribution in [3.63, 3.8) is 0 Å². The fraction of sp³-hybridized carbons (Fsp3) is 0.647. The Bertz CT molecular complexity index is 404. The van der Waals surface area contributed by atoms with E-state index in [0.29, 0.717) is 5.75 Å². The van der Waals surface area contributed by atoms with Gasteiger partial charge in [-0.3, -0.25) is 4.90 Å². The van der Waals surface area contributed by atoms with Gasteiger partial charge in [-0.25, -0.2) is 0 Å². The topological polar surface area (TPSA) is 35.5 Å². The number of nitrogens with zero attached hydrogens (tertiary/aromatic N) is 1. The summed E-state index contributed by atoms with van der Waals surface area (Å²) in [6.45, 7) is 15.7. The molecule has 0 spiro atoms. The van der Waals surface area contributed by atoms with Gasteiger partial charge in [-0.15, -0.1) is 0 Å². The fourth-order valence-electron chi connectivity index (χ4n) is 2.41. The number of rotatable bonds is 2. The van der Waals surface area contributed by atoms with Crippen LogP contribution < -0.4 is 5.32 Å². The molecule has 2 N–H and O–H groups in total. The molecule has 1 aliphatic heterocycles. The van der Waals surface area contributed by atoms with Gasteiger partial charge in [0.25, 0.3) is 0 Å². The smallest absolute Gasteiger partial charge is 0.119 e. The van der Waals surface area contributed by atoms with E-state index in [9.17, 15) is 5.11 Å². The molecule has 1 fully saturated rings. The van der Waals surface area contributed by atoms with Crippen molar-refractivity contribution in [2.75, 3.05) is 26.2 Å². The highest BCUT2D eigenvalue weighted by atomic mass is 16.3. The third-order valence-electron chi connectivity index (χ3n) is 3.48.